The molecule has 0 unspecified atom stereocenters. The van der Waals surface area contributed by atoms with Crippen LogP contribution in [0.2, 0.25) is 0 Å². The van der Waals surface area contributed by atoms with Crippen LogP contribution >= 0.6 is 0 Å². The minimum absolute atomic E-state index is 0.0294. The van der Waals surface area contributed by atoms with Crippen LogP contribution in [0, 0.1) is 35.5 Å². The molecule has 10 rings (SSSR count). The number of fused-ring (bicyclic) bond motifs is 3. The number of nitrogens with zero attached hydrogens (tertiary/aromatic N) is 7. The highest BCUT2D eigenvalue weighted by Gasteiger charge is 2.51. The standard InChI is InChI=1S/C95H121N19O22/c1-8-14-76-56(7)75(115)47-77(136-76)69(18-11-15-53(4)45-55(6)46-54(5)21-34-64-16-12-20-80(118)135-64)108-94(131)133-50-57-22-28-61(29-23-57)103-86(121)70(19-13-44-99-93(97)130)106-87(122)81(52(2)3)109-95(132)134-51-67-65-35-37-68-74(40-36-66(65)67)114(113-112-68)63-32-26-58(27-33-63)84(119)98-43-10-9-17-71(89(124)125)104-78(116)41-38-72(90(126)127)105-79(117)42-39-73(91(128)129)107-85(120)59-24-30-60(31-25-59)100-48-62-49-101-83-82(102-62)88(123)111-92(96)110-83/h8,11-12,14-15,18,20-34,46,49,52,55-56,64-67,69-73,75-77,81,100,115H,9-10,13,16-17,19,35-45,47-48,50-51H2,1-7H3,(H,98,119)(H,103,121)(H,104,116)(H,105,117)(H,106,122)(H,107,120)(H,108,131)(H,109,132)(H,124,125)(H,126,127)(H,128,129)(H3,97,99,130)(H3,96,101,110,111,123)/b14-8+,18-11+,34-21+,53-15+,54-46-/t55-,56+,64-,65-,66+,67-,69-,70+,71+,72+,73+,75-,76+,77+,81+/m1/s1. The van der Waals surface area contributed by atoms with Crippen molar-refractivity contribution in [2.24, 2.45) is 41.2 Å². The molecular formula is C95H121N19O22. The van der Waals surface area contributed by atoms with Crippen molar-refractivity contribution in [2.75, 3.05) is 36.1 Å². The highest BCUT2D eigenvalue weighted by atomic mass is 16.6. The molecule has 41 heteroatoms. The molecule has 2 aliphatic carbocycles. The first-order valence-electron chi connectivity index (χ1n) is 45.4. The number of esters is 1. The van der Waals surface area contributed by atoms with Crippen LogP contribution in [0.25, 0.3) is 16.9 Å². The summed E-state index contributed by atoms with van der Waals surface area (Å²) in [6, 6.07) is 10.9. The molecule has 1 saturated heterocycles. The molecule has 3 aromatic carbocycles. The zero-order chi connectivity index (χ0) is 98.2. The number of carboxylic acids is 3. The van der Waals surface area contributed by atoms with Gasteiger partial charge >= 0.3 is 42.1 Å². The van der Waals surface area contributed by atoms with Crippen LogP contribution in [-0.2, 0) is 83.3 Å². The molecular weight excluding hydrogens is 1760 g/mol. The first-order valence-corrected chi connectivity index (χ1v) is 45.4. The maximum atomic E-state index is 14.2. The third-order valence-corrected chi connectivity index (χ3v) is 23.8. The van der Waals surface area contributed by atoms with Crippen molar-refractivity contribution in [3.8, 4) is 11.6 Å². The zero-order valence-electron chi connectivity index (χ0n) is 76.8. The Labute approximate surface area is 785 Å². The summed E-state index contributed by atoms with van der Waals surface area (Å²) in [5.41, 5.74) is 17.8. The summed E-state index contributed by atoms with van der Waals surface area (Å²) >= 11 is 0. The van der Waals surface area contributed by atoms with Crippen LogP contribution in [0.5, 0.6) is 5.88 Å². The molecule has 10 amide bonds. The Morgan fingerprint density at radius 2 is 1.34 bits per heavy atom. The predicted octanol–water partition coefficient (Wildman–Crippen LogP) is 7.68. The van der Waals surface area contributed by atoms with Gasteiger partial charge in [0.2, 0.25) is 35.5 Å². The van der Waals surface area contributed by atoms with Gasteiger partial charge in [0.25, 0.3) is 11.8 Å². The fraction of sp³-hybridized carbons (Fsp3) is 0.463. The number of rotatable bonds is 47. The summed E-state index contributed by atoms with van der Waals surface area (Å²) in [7, 11) is 0. The van der Waals surface area contributed by atoms with E-state index in [1.165, 1.54) is 24.4 Å². The predicted molar refractivity (Wildman–Crippen MR) is 497 cm³/mol. The van der Waals surface area contributed by atoms with Crippen molar-refractivity contribution in [1.29, 1.82) is 0 Å². The molecule has 0 spiro atoms. The third-order valence-electron chi connectivity index (χ3n) is 23.8. The van der Waals surface area contributed by atoms with Gasteiger partial charge in [-0.05, 0) is 200 Å². The average Bonchev–Trinajstić information content (AvgIpc) is 1.60. The summed E-state index contributed by atoms with van der Waals surface area (Å²) in [6.07, 6.45) is 19.6. The number of aryl methyl sites for hydroxylation is 1. The number of benzene rings is 3. The zero-order valence-corrected chi connectivity index (χ0v) is 76.8. The number of aromatic hydroxyl groups is 1. The molecule has 19 N–H and O–H groups in total. The molecule has 2 fully saturated rings. The molecule has 0 radical (unpaired) electrons. The number of urea groups is 1. The van der Waals surface area contributed by atoms with Gasteiger partial charge in [0, 0.05) is 73.3 Å². The smallest absolute Gasteiger partial charge is 0.408 e. The average molecular weight is 1880 g/mol. The van der Waals surface area contributed by atoms with Crippen LogP contribution in [0.3, 0.4) is 0 Å². The third kappa shape index (κ3) is 31.9. The van der Waals surface area contributed by atoms with Crippen LogP contribution in [0.1, 0.15) is 182 Å². The van der Waals surface area contributed by atoms with Crippen molar-refractivity contribution < 1.29 is 107 Å². The lowest BCUT2D eigenvalue weighted by molar-refractivity contribution is -0.143. The number of primary amides is 1. The number of carbonyl (C=O) groups excluding carboxylic acids is 10. The van der Waals surface area contributed by atoms with Crippen molar-refractivity contribution in [3.05, 3.63) is 185 Å². The molecule has 41 nitrogen and oxygen atoms in total. The number of unbranched alkanes of at least 4 members (excludes halogenated alkanes) is 1. The van der Waals surface area contributed by atoms with Gasteiger partial charge in [0.15, 0.2) is 11.2 Å². The van der Waals surface area contributed by atoms with Crippen molar-refractivity contribution in [3.63, 3.8) is 0 Å². The van der Waals surface area contributed by atoms with E-state index in [1.807, 2.05) is 70.2 Å². The number of nitrogens with one attached hydrogen (secondary N) is 10. The Morgan fingerprint density at radius 1 is 0.699 bits per heavy atom. The molecule has 136 heavy (non-hydrogen) atoms. The number of hydrogen-bond donors (Lipinski definition) is 17. The Bertz CT molecular complexity index is 5430. The number of alkyl carbamates (subject to hydrolysis) is 2. The molecule has 5 heterocycles. The topological polar surface area (TPSA) is 615 Å². The lowest BCUT2D eigenvalue weighted by atomic mass is 9.87. The Hall–Kier alpha value is -14.5. The first-order chi connectivity index (χ1) is 65.0. The number of hydrogen-bond acceptors (Lipinski definition) is 27. The van der Waals surface area contributed by atoms with Gasteiger partial charge < -0.3 is 109 Å². The van der Waals surface area contributed by atoms with Crippen molar-refractivity contribution >= 4 is 106 Å². The molecule has 6 aromatic rings. The lowest BCUT2D eigenvalue weighted by Crippen LogP contribution is -2.54. The number of anilines is 3. The molecule has 1 saturated carbocycles. The first kappa shape index (κ1) is 104. The summed E-state index contributed by atoms with van der Waals surface area (Å²) in [5, 5.41) is 86.5. The normalized spacial score (nSPS) is 19.7. The molecule has 0 bridgehead atoms. The maximum absolute atomic E-state index is 14.2. The fourth-order valence-corrected chi connectivity index (χ4v) is 16.3. The van der Waals surface area contributed by atoms with Gasteiger partial charge in [-0.15, -0.1) is 5.10 Å². The lowest BCUT2D eigenvalue weighted by Gasteiger charge is -2.39. The Morgan fingerprint density at radius 3 is 2.01 bits per heavy atom. The van der Waals surface area contributed by atoms with Crippen LogP contribution < -0.4 is 64.6 Å². The number of carbonyl (C=O) groups is 13. The molecule has 2 aliphatic heterocycles. The van der Waals surface area contributed by atoms with Gasteiger partial charge in [-0.25, -0.2) is 48.2 Å². The van der Waals surface area contributed by atoms with E-state index in [2.05, 4.69) is 96.4 Å². The van der Waals surface area contributed by atoms with E-state index >= 15 is 0 Å². The SMILES string of the molecule is C/C=C/[C@@H]1O[C@H]([C@@H](/C=C/C=C(\C)C[C@@H](C)/C=C(C)\C=C\[C@H]2CC=CC(=O)O2)NC(=O)OCc2ccc(NC(=O)[C@H](CCCNC(N)=O)NC(=O)[C@@H](NC(=O)OC[C@@H]3[C@@H]4CCc5nnn(-c6ccc(C(=O)NCCCC[C@H](NC(=O)CC[C@H](NC(=O)CC[C@H](NC(=O)c7ccc(NCc8cnc9nc(N)nc(O)c9n8)cc7)C(=O)O)C(=O)O)C(=O)O)cc6)c5CC[C@@H]43)C(C)C)cc2)C[C@@H](O)[C@@H]1C. The van der Waals surface area contributed by atoms with E-state index in [0.29, 0.717) is 59.6 Å². The minimum atomic E-state index is -1.62. The second-order valence-electron chi connectivity index (χ2n) is 34.7. The Kier molecular flexibility index (Phi) is 38.5. The highest BCUT2D eigenvalue weighted by molar-refractivity contribution is 5.99. The van der Waals surface area contributed by atoms with Crippen LogP contribution in [0.15, 0.2) is 151 Å². The number of aliphatic hydroxyl groups excluding tert-OH is 1. The molecule has 15 atom stereocenters. The summed E-state index contributed by atoms with van der Waals surface area (Å²) < 4.78 is 25.1. The number of nitrogen functional groups attached to an aromatic ring is 1. The number of allylic oxidation sites excluding steroid dienone is 7. The number of cyclic esters (lactones) is 1. The minimum Gasteiger partial charge on any atom is -0.492 e. The van der Waals surface area contributed by atoms with Gasteiger partial charge in [0.1, 0.15) is 42.9 Å². The van der Waals surface area contributed by atoms with E-state index in [0.717, 1.165) is 41.8 Å². The monoisotopic (exact) mass is 1880 g/mol. The summed E-state index contributed by atoms with van der Waals surface area (Å²) in [4.78, 5) is 184. The van der Waals surface area contributed by atoms with Gasteiger partial charge in [-0.1, -0.05) is 105 Å². The van der Waals surface area contributed by atoms with Gasteiger partial charge in [-0.2, -0.15) is 9.97 Å². The van der Waals surface area contributed by atoms with E-state index in [4.69, 9.17) is 30.4 Å². The number of carboxylic acid groups (broad SMARTS) is 3. The van der Waals surface area contributed by atoms with E-state index < -0.39 is 164 Å². The second kappa shape index (κ2) is 50.5. The highest BCUT2D eigenvalue weighted by Crippen LogP contribution is 2.53. The summed E-state index contributed by atoms with van der Waals surface area (Å²) in [6.45, 7) is 13.7. The van der Waals surface area contributed by atoms with E-state index in [-0.39, 0.29) is 129 Å². The quantitative estimate of drug-likeness (QED) is 0.00572. The maximum Gasteiger partial charge on any atom is 0.408 e. The van der Waals surface area contributed by atoms with Crippen LogP contribution in [0.4, 0.5) is 31.7 Å². The number of aromatic nitrogens is 7. The number of amides is 10. The molecule has 728 valence electrons. The molecule has 4 aliphatic rings. The number of aliphatic hydroxyl groups is 1. The van der Waals surface area contributed by atoms with E-state index in [1.54, 1.807) is 85.3 Å². The number of ether oxygens (including phenoxy) is 4. The summed E-state index contributed by atoms with van der Waals surface area (Å²) in [5.74, 6) is -9.48. The largest absolute Gasteiger partial charge is 0.492 e. The van der Waals surface area contributed by atoms with Gasteiger partial charge in [-0.3, -0.25) is 28.8 Å². The number of aliphatic carboxylic acids is 3. The second-order valence-corrected chi connectivity index (χ2v) is 34.7. The van der Waals surface area contributed by atoms with E-state index in [9.17, 15) is 87.9 Å². The molecule has 3 aromatic heterocycles. The van der Waals surface area contributed by atoms with Gasteiger partial charge in [0.05, 0.1) is 66.5 Å². The number of nitrogens with two attached hydrogens (primary N) is 2. The van der Waals surface area contributed by atoms with Crippen molar-refractivity contribution in [2.45, 2.75) is 225 Å². The Balaban J connectivity index is 0.619. The van der Waals surface area contributed by atoms with Crippen LogP contribution in [-0.4, -0.2) is 218 Å². The fourth-order valence-electron chi connectivity index (χ4n) is 16.3. The van der Waals surface area contributed by atoms with Crippen molar-refractivity contribution in [1.82, 2.24) is 77.5 Å².